The second-order valence-corrected chi connectivity index (χ2v) is 5.39. The van der Waals surface area contributed by atoms with Crippen LogP contribution in [0.3, 0.4) is 0 Å². The van der Waals surface area contributed by atoms with Crippen molar-refractivity contribution in [2.75, 3.05) is 18.0 Å². The molecule has 0 saturated heterocycles. The van der Waals surface area contributed by atoms with Gasteiger partial charge in [0.2, 0.25) is 11.8 Å². The van der Waals surface area contributed by atoms with Gasteiger partial charge in [-0.25, -0.2) is 0 Å². The molecule has 1 rings (SSSR count). The Hall–Kier alpha value is -1.55. The van der Waals surface area contributed by atoms with E-state index in [2.05, 4.69) is 5.32 Å². The number of nitrogens with one attached hydrogen (secondary N) is 1. The molecule has 0 heterocycles. The van der Waals surface area contributed by atoms with Gasteiger partial charge in [-0.1, -0.05) is 25.4 Å². The van der Waals surface area contributed by atoms with Crippen molar-refractivity contribution in [1.29, 1.82) is 0 Å². The summed E-state index contributed by atoms with van der Waals surface area (Å²) in [6.07, 6.45) is 1.66. The lowest BCUT2D eigenvalue weighted by atomic mass is 10.0. The number of hydrogen-bond acceptors (Lipinski definition) is 2. The molecule has 1 aromatic carbocycles. The van der Waals surface area contributed by atoms with Crippen LogP contribution in [0.2, 0.25) is 5.02 Å². The van der Waals surface area contributed by atoms with Crippen LogP contribution < -0.4 is 10.2 Å². The predicted octanol–water partition coefficient (Wildman–Crippen LogP) is 3.25. The number of nitrogens with zero attached hydrogens (tertiary/aromatic N) is 1. The summed E-state index contributed by atoms with van der Waals surface area (Å²) in [5.74, 6) is 0.0417. The first kappa shape index (κ1) is 17.5. The van der Waals surface area contributed by atoms with E-state index >= 15 is 0 Å². The summed E-state index contributed by atoms with van der Waals surface area (Å²) in [5, 5.41) is 3.52. The highest BCUT2D eigenvalue weighted by molar-refractivity contribution is 6.30. The molecular weight excluding hydrogens is 288 g/mol. The summed E-state index contributed by atoms with van der Waals surface area (Å²) in [6, 6.07) is 7.09. The quantitative estimate of drug-likeness (QED) is 0.840. The molecule has 1 aromatic rings. The maximum atomic E-state index is 11.9. The lowest BCUT2D eigenvalue weighted by Crippen LogP contribution is -2.39. The number of anilines is 1. The molecule has 0 aliphatic carbocycles. The molecule has 0 aliphatic heterocycles. The molecule has 4 nitrogen and oxygen atoms in total. The zero-order chi connectivity index (χ0) is 15.8. The highest BCUT2D eigenvalue weighted by Gasteiger charge is 2.15. The first-order valence-electron chi connectivity index (χ1n) is 7.30. The standard InChI is InChI=1S/C16H23ClN2O2/c1-4-13(5-2)16(21)18-10-11-19(12(3)20)15-8-6-14(17)7-9-15/h6-9,13H,4-5,10-11H2,1-3H3,(H,18,21). The minimum absolute atomic E-state index is 0.0475. The zero-order valence-corrected chi connectivity index (χ0v) is 13.6. The predicted molar refractivity (Wildman–Crippen MR) is 86.6 cm³/mol. The summed E-state index contributed by atoms with van der Waals surface area (Å²) in [4.78, 5) is 25.3. The van der Waals surface area contributed by atoms with Gasteiger partial charge in [0.1, 0.15) is 0 Å². The summed E-state index contributed by atoms with van der Waals surface area (Å²) in [5.41, 5.74) is 0.781. The molecule has 1 N–H and O–H groups in total. The van der Waals surface area contributed by atoms with Crippen molar-refractivity contribution in [3.05, 3.63) is 29.3 Å². The van der Waals surface area contributed by atoms with Crippen LogP contribution in [0.4, 0.5) is 5.69 Å². The molecular formula is C16H23ClN2O2. The molecule has 0 unspecified atom stereocenters. The van der Waals surface area contributed by atoms with E-state index < -0.39 is 0 Å². The fourth-order valence-electron chi connectivity index (χ4n) is 2.18. The van der Waals surface area contributed by atoms with Gasteiger partial charge < -0.3 is 10.2 Å². The Labute approximate surface area is 131 Å². The molecule has 0 aliphatic rings. The molecule has 5 heteroatoms. The van der Waals surface area contributed by atoms with E-state index in [4.69, 9.17) is 11.6 Å². The molecule has 21 heavy (non-hydrogen) atoms. The monoisotopic (exact) mass is 310 g/mol. The van der Waals surface area contributed by atoms with Crippen molar-refractivity contribution >= 4 is 29.1 Å². The van der Waals surface area contributed by atoms with Crippen molar-refractivity contribution < 1.29 is 9.59 Å². The van der Waals surface area contributed by atoms with E-state index in [-0.39, 0.29) is 17.7 Å². The zero-order valence-electron chi connectivity index (χ0n) is 12.9. The Kier molecular flexibility index (Phi) is 7.23. The second kappa shape index (κ2) is 8.67. The molecule has 0 saturated carbocycles. The van der Waals surface area contributed by atoms with Crippen LogP contribution in [-0.2, 0) is 9.59 Å². The van der Waals surface area contributed by atoms with Crippen molar-refractivity contribution in [3.8, 4) is 0 Å². The maximum Gasteiger partial charge on any atom is 0.223 e. The second-order valence-electron chi connectivity index (χ2n) is 4.95. The molecule has 0 radical (unpaired) electrons. The summed E-state index contributed by atoms with van der Waals surface area (Å²) >= 11 is 5.85. The number of hydrogen-bond donors (Lipinski definition) is 1. The Morgan fingerprint density at radius 2 is 1.76 bits per heavy atom. The summed E-state index contributed by atoms with van der Waals surface area (Å²) in [7, 11) is 0. The van der Waals surface area contributed by atoms with E-state index in [1.807, 2.05) is 13.8 Å². The summed E-state index contributed by atoms with van der Waals surface area (Å²) in [6.45, 7) is 6.41. The first-order chi connectivity index (χ1) is 9.99. The molecule has 0 fully saturated rings. The molecule has 0 atom stereocenters. The highest BCUT2D eigenvalue weighted by atomic mass is 35.5. The minimum atomic E-state index is -0.0610. The van der Waals surface area contributed by atoms with Crippen LogP contribution in [0.25, 0.3) is 0 Å². The average molecular weight is 311 g/mol. The highest BCUT2D eigenvalue weighted by Crippen LogP contribution is 2.17. The third kappa shape index (κ3) is 5.38. The normalized spacial score (nSPS) is 10.5. The van der Waals surface area contributed by atoms with Gasteiger partial charge in [0, 0.05) is 36.6 Å². The topological polar surface area (TPSA) is 49.4 Å². The Morgan fingerprint density at radius 1 is 1.19 bits per heavy atom. The van der Waals surface area contributed by atoms with Gasteiger partial charge in [-0.2, -0.15) is 0 Å². The number of amides is 2. The van der Waals surface area contributed by atoms with Gasteiger partial charge in [-0.3, -0.25) is 9.59 Å². The van der Waals surface area contributed by atoms with Crippen molar-refractivity contribution in [2.45, 2.75) is 33.6 Å². The summed E-state index contributed by atoms with van der Waals surface area (Å²) < 4.78 is 0. The average Bonchev–Trinajstić information content (AvgIpc) is 2.46. The van der Waals surface area contributed by atoms with Gasteiger partial charge in [-0.05, 0) is 37.1 Å². The van der Waals surface area contributed by atoms with Gasteiger partial charge in [0.05, 0.1) is 0 Å². The van der Waals surface area contributed by atoms with Crippen molar-refractivity contribution in [2.24, 2.45) is 5.92 Å². The van der Waals surface area contributed by atoms with Crippen molar-refractivity contribution in [1.82, 2.24) is 5.32 Å². The largest absolute Gasteiger partial charge is 0.354 e. The van der Waals surface area contributed by atoms with E-state index in [1.165, 1.54) is 6.92 Å². The van der Waals surface area contributed by atoms with Gasteiger partial charge >= 0.3 is 0 Å². The molecule has 0 spiro atoms. The Bertz CT molecular complexity index is 470. The van der Waals surface area contributed by atoms with Crippen LogP contribution in [0.15, 0.2) is 24.3 Å². The van der Waals surface area contributed by atoms with Crippen LogP contribution in [0, 0.1) is 5.92 Å². The lowest BCUT2D eigenvalue weighted by molar-refractivity contribution is -0.125. The number of halogens is 1. The molecule has 0 bridgehead atoms. The van der Waals surface area contributed by atoms with Crippen LogP contribution in [0.1, 0.15) is 33.6 Å². The first-order valence-corrected chi connectivity index (χ1v) is 7.68. The van der Waals surface area contributed by atoms with Crippen LogP contribution in [-0.4, -0.2) is 24.9 Å². The van der Waals surface area contributed by atoms with Crippen molar-refractivity contribution in [3.63, 3.8) is 0 Å². The molecule has 116 valence electrons. The lowest BCUT2D eigenvalue weighted by Gasteiger charge is -2.22. The molecule has 2 amide bonds. The number of carbonyl (C=O) groups is 2. The van der Waals surface area contributed by atoms with E-state index in [0.29, 0.717) is 18.1 Å². The fraction of sp³-hybridized carbons (Fsp3) is 0.500. The fourth-order valence-corrected chi connectivity index (χ4v) is 2.31. The minimum Gasteiger partial charge on any atom is -0.354 e. The SMILES string of the molecule is CCC(CC)C(=O)NCCN(C(C)=O)c1ccc(Cl)cc1. The van der Waals surface area contributed by atoms with Gasteiger partial charge in [-0.15, -0.1) is 0 Å². The third-order valence-electron chi connectivity index (χ3n) is 3.51. The number of benzene rings is 1. The van der Waals surface area contributed by atoms with E-state index in [0.717, 1.165) is 18.5 Å². The number of rotatable bonds is 7. The van der Waals surface area contributed by atoms with Crippen LogP contribution in [0.5, 0.6) is 0 Å². The van der Waals surface area contributed by atoms with E-state index in [9.17, 15) is 9.59 Å². The van der Waals surface area contributed by atoms with Crippen LogP contribution >= 0.6 is 11.6 Å². The van der Waals surface area contributed by atoms with Gasteiger partial charge in [0.25, 0.3) is 0 Å². The van der Waals surface area contributed by atoms with E-state index in [1.54, 1.807) is 29.2 Å². The molecule has 0 aromatic heterocycles. The smallest absolute Gasteiger partial charge is 0.223 e. The maximum absolute atomic E-state index is 11.9. The Morgan fingerprint density at radius 3 is 2.24 bits per heavy atom. The third-order valence-corrected chi connectivity index (χ3v) is 3.76. The van der Waals surface area contributed by atoms with Gasteiger partial charge in [0.15, 0.2) is 0 Å². The number of carbonyl (C=O) groups excluding carboxylic acids is 2. The Balaban J connectivity index is 2.59.